The molecule has 1 unspecified atom stereocenters. The van der Waals surface area contributed by atoms with E-state index in [9.17, 15) is 4.79 Å². The molecule has 0 spiro atoms. The van der Waals surface area contributed by atoms with Crippen molar-refractivity contribution in [1.82, 2.24) is 20.4 Å². The van der Waals surface area contributed by atoms with Gasteiger partial charge in [0.15, 0.2) is 0 Å². The van der Waals surface area contributed by atoms with Crippen LogP contribution in [0.2, 0.25) is 5.02 Å². The first-order chi connectivity index (χ1) is 12.0. The second kappa shape index (κ2) is 8.86. The molecule has 1 atom stereocenters. The summed E-state index contributed by atoms with van der Waals surface area (Å²) in [5, 5.41) is 12.4. The maximum Gasteiger partial charge on any atom is 0.261 e. The van der Waals surface area contributed by atoms with Gasteiger partial charge in [0.25, 0.3) is 5.91 Å². The SMILES string of the molecule is CNC(C)CNC(=O)c1cc2c(C)nn(Cc3ccccc3Cl)c2s1.Cl. The van der Waals surface area contributed by atoms with Gasteiger partial charge in [-0.25, -0.2) is 0 Å². The number of rotatable bonds is 6. The summed E-state index contributed by atoms with van der Waals surface area (Å²) in [6.45, 7) is 5.16. The molecule has 3 rings (SSSR count). The molecule has 2 N–H and O–H groups in total. The van der Waals surface area contributed by atoms with Crippen molar-refractivity contribution in [3.8, 4) is 0 Å². The third-order valence-corrected chi connectivity index (χ3v) is 5.69. The number of benzene rings is 1. The third kappa shape index (κ3) is 4.38. The van der Waals surface area contributed by atoms with Crippen LogP contribution in [-0.4, -0.2) is 35.3 Å². The standard InChI is InChI=1S/C18H21ClN4OS.ClH/c1-11(20-3)9-21-17(24)16-8-14-12(2)22-23(18(14)25-16)10-13-6-4-5-7-15(13)19;/h4-8,11,20H,9-10H2,1-3H3,(H,21,24);1H. The molecule has 26 heavy (non-hydrogen) atoms. The van der Waals surface area contributed by atoms with Crippen LogP contribution in [0, 0.1) is 6.92 Å². The fourth-order valence-electron chi connectivity index (χ4n) is 2.55. The quantitative estimate of drug-likeness (QED) is 0.645. The lowest BCUT2D eigenvalue weighted by molar-refractivity contribution is 0.0954. The second-order valence-corrected chi connectivity index (χ2v) is 7.50. The van der Waals surface area contributed by atoms with Crippen molar-refractivity contribution in [3.05, 3.63) is 51.5 Å². The monoisotopic (exact) mass is 412 g/mol. The summed E-state index contributed by atoms with van der Waals surface area (Å²) in [4.78, 5) is 14.1. The molecular formula is C18H22Cl2N4OS. The van der Waals surface area contributed by atoms with Crippen LogP contribution in [0.15, 0.2) is 30.3 Å². The minimum atomic E-state index is -0.0491. The lowest BCUT2D eigenvalue weighted by Crippen LogP contribution is -2.36. The molecule has 0 aliphatic heterocycles. The summed E-state index contributed by atoms with van der Waals surface area (Å²) in [6, 6.07) is 9.90. The van der Waals surface area contributed by atoms with Gasteiger partial charge >= 0.3 is 0 Å². The normalized spacial score (nSPS) is 12.0. The molecule has 1 aromatic carbocycles. The van der Waals surface area contributed by atoms with E-state index in [-0.39, 0.29) is 24.4 Å². The van der Waals surface area contributed by atoms with Gasteiger partial charge in [-0.05, 0) is 38.6 Å². The van der Waals surface area contributed by atoms with Crippen molar-refractivity contribution in [2.45, 2.75) is 26.4 Å². The average molecular weight is 413 g/mol. The Morgan fingerprint density at radius 2 is 2.12 bits per heavy atom. The lowest BCUT2D eigenvalue weighted by Gasteiger charge is -2.10. The third-order valence-electron chi connectivity index (χ3n) is 4.17. The van der Waals surface area contributed by atoms with Gasteiger partial charge in [-0.15, -0.1) is 23.7 Å². The van der Waals surface area contributed by atoms with Crippen LogP contribution in [-0.2, 0) is 6.54 Å². The Labute approximate surface area is 168 Å². The zero-order valence-corrected chi connectivity index (χ0v) is 17.3. The van der Waals surface area contributed by atoms with Crippen LogP contribution in [0.1, 0.15) is 27.9 Å². The number of hydrogen-bond acceptors (Lipinski definition) is 4. The minimum Gasteiger partial charge on any atom is -0.350 e. The molecule has 0 saturated carbocycles. The molecule has 3 aromatic rings. The summed E-state index contributed by atoms with van der Waals surface area (Å²) in [6.07, 6.45) is 0. The number of nitrogens with zero attached hydrogens (tertiary/aromatic N) is 2. The number of aryl methyl sites for hydroxylation is 1. The molecule has 0 fully saturated rings. The summed E-state index contributed by atoms with van der Waals surface area (Å²) in [7, 11) is 1.88. The fraction of sp³-hybridized carbons (Fsp3) is 0.333. The summed E-state index contributed by atoms with van der Waals surface area (Å²) in [5.74, 6) is -0.0491. The fourth-order valence-corrected chi connectivity index (χ4v) is 3.83. The van der Waals surface area contributed by atoms with E-state index in [1.165, 1.54) is 11.3 Å². The highest BCUT2D eigenvalue weighted by molar-refractivity contribution is 7.20. The molecule has 0 radical (unpaired) electrons. The van der Waals surface area contributed by atoms with Gasteiger partial charge in [0.2, 0.25) is 0 Å². The smallest absolute Gasteiger partial charge is 0.261 e. The molecule has 8 heteroatoms. The Balaban J connectivity index is 0.00000243. The van der Waals surface area contributed by atoms with Gasteiger partial charge < -0.3 is 10.6 Å². The number of carbonyl (C=O) groups excluding carboxylic acids is 1. The number of amides is 1. The number of likely N-dealkylation sites (N-methyl/N-ethyl adjacent to an activating group) is 1. The van der Waals surface area contributed by atoms with Gasteiger partial charge in [0, 0.05) is 23.0 Å². The van der Waals surface area contributed by atoms with E-state index in [4.69, 9.17) is 11.6 Å². The van der Waals surface area contributed by atoms with Crippen molar-refractivity contribution in [3.63, 3.8) is 0 Å². The van der Waals surface area contributed by atoms with Crippen molar-refractivity contribution >= 4 is 51.5 Å². The molecular weight excluding hydrogens is 391 g/mol. The maximum atomic E-state index is 12.4. The average Bonchev–Trinajstić information content (AvgIpc) is 3.16. The number of thiophene rings is 1. The van der Waals surface area contributed by atoms with Crippen molar-refractivity contribution in [2.75, 3.05) is 13.6 Å². The van der Waals surface area contributed by atoms with E-state index >= 15 is 0 Å². The number of halogens is 2. The summed E-state index contributed by atoms with van der Waals surface area (Å²) in [5.41, 5.74) is 1.93. The van der Waals surface area contributed by atoms with Crippen LogP contribution >= 0.6 is 35.3 Å². The maximum absolute atomic E-state index is 12.4. The van der Waals surface area contributed by atoms with Gasteiger partial charge in [-0.2, -0.15) is 5.10 Å². The first kappa shape index (κ1) is 20.7. The predicted molar refractivity (Wildman–Crippen MR) is 111 cm³/mol. The minimum absolute atomic E-state index is 0. The van der Waals surface area contributed by atoms with Crippen LogP contribution in [0.3, 0.4) is 0 Å². The van der Waals surface area contributed by atoms with Crippen molar-refractivity contribution in [2.24, 2.45) is 0 Å². The van der Waals surface area contributed by atoms with Crippen molar-refractivity contribution in [1.29, 1.82) is 0 Å². The molecule has 0 saturated heterocycles. The van der Waals surface area contributed by atoms with Crippen molar-refractivity contribution < 1.29 is 4.79 Å². The number of aromatic nitrogens is 2. The predicted octanol–water partition coefficient (Wildman–Crippen LogP) is 3.87. The number of fused-ring (bicyclic) bond motifs is 1. The summed E-state index contributed by atoms with van der Waals surface area (Å²) < 4.78 is 1.92. The Kier molecular flexibility index (Phi) is 7.06. The van der Waals surface area contributed by atoms with Crippen LogP contribution in [0.4, 0.5) is 0 Å². The molecule has 0 aliphatic rings. The van der Waals surface area contributed by atoms with Crippen LogP contribution < -0.4 is 10.6 Å². The Morgan fingerprint density at radius 3 is 2.81 bits per heavy atom. The zero-order chi connectivity index (χ0) is 18.0. The highest BCUT2D eigenvalue weighted by Gasteiger charge is 2.17. The van der Waals surface area contributed by atoms with Crippen LogP contribution in [0.25, 0.3) is 10.2 Å². The topological polar surface area (TPSA) is 58.9 Å². The molecule has 0 bridgehead atoms. The second-order valence-electron chi connectivity index (χ2n) is 6.06. The van der Waals surface area contributed by atoms with E-state index in [1.54, 1.807) is 0 Å². The Morgan fingerprint density at radius 1 is 1.38 bits per heavy atom. The van der Waals surface area contributed by atoms with Gasteiger partial charge in [-0.3, -0.25) is 9.48 Å². The molecule has 5 nitrogen and oxygen atoms in total. The Hall–Kier alpha value is -1.60. The number of nitrogens with one attached hydrogen (secondary N) is 2. The van der Waals surface area contributed by atoms with Gasteiger partial charge in [0.05, 0.1) is 17.1 Å². The van der Waals surface area contributed by atoms with Gasteiger partial charge in [0.1, 0.15) is 4.83 Å². The van der Waals surface area contributed by atoms with Crippen LogP contribution in [0.5, 0.6) is 0 Å². The zero-order valence-electron chi connectivity index (χ0n) is 14.9. The first-order valence-electron chi connectivity index (χ1n) is 8.15. The van der Waals surface area contributed by atoms with Gasteiger partial charge in [-0.1, -0.05) is 29.8 Å². The largest absolute Gasteiger partial charge is 0.350 e. The number of carbonyl (C=O) groups is 1. The number of hydrogen-bond donors (Lipinski definition) is 2. The molecule has 0 aliphatic carbocycles. The molecule has 2 aromatic heterocycles. The molecule has 2 heterocycles. The highest BCUT2D eigenvalue weighted by Crippen LogP contribution is 2.29. The van der Waals surface area contributed by atoms with E-state index in [0.717, 1.165) is 26.5 Å². The van der Waals surface area contributed by atoms with E-state index in [0.29, 0.717) is 18.0 Å². The van der Waals surface area contributed by atoms with E-state index < -0.39 is 0 Å². The molecule has 140 valence electrons. The lowest BCUT2D eigenvalue weighted by atomic mass is 10.2. The highest BCUT2D eigenvalue weighted by atomic mass is 35.5. The van der Waals surface area contributed by atoms with E-state index in [1.807, 2.05) is 55.9 Å². The Bertz CT molecular complexity index is 906. The molecule has 1 amide bonds. The first-order valence-corrected chi connectivity index (χ1v) is 9.35. The summed E-state index contributed by atoms with van der Waals surface area (Å²) >= 11 is 7.73. The van der Waals surface area contributed by atoms with E-state index in [2.05, 4.69) is 15.7 Å².